The quantitative estimate of drug-likeness (QED) is 0.0372. The Hall–Kier alpha value is -5.03. The highest BCUT2D eigenvalue weighted by Gasteiger charge is 2.39. The molecule has 1 saturated heterocycles. The third kappa shape index (κ3) is 15.3. The van der Waals surface area contributed by atoms with Gasteiger partial charge >= 0.3 is 0 Å². The summed E-state index contributed by atoms with van der Waals surface area (Å²) in [5.74, 6) is 2.27. The average molecular weight is 769 g/mol. The summed E-state index contributed by atoms with van der Waals surface area (Å²) in [6.45, 7) is 4.66. The summed E-state index contributed by atoms with van der Waals surface area (Å²) in [5, 5.41) is 24.1. The van der Waals surface area contributed by atoms with Crippen LogP contribution >= 0.6 is 0 Å². The van der Waals surface area contributed by atoms with Gasteiger partial charge in [-0.25, -0.2) is 5.84 Å². The number of phenols is 1. The molecule has 0 spiro atoms. The van der Waals surface area contributed by atoms with Gasteiger partial charge in [-0.3, -0.25) is 33.8 Å². The molecule has 0 unspecified atom stereocenters. The van der Waals surface area contributed by atoms with E-state index in [9.17, 15) is 33.9 Å². The smallest absolute Gasteiger partial charge is 0.247 e. The first-order valence-electron chi connectivity index (χ1n) is 19.3. The Morgan fingerprint density at radius 3 is 2.53 bits per heavy atom. The van der Waals surface area contributed by atoms with Crippen molar-refractivity contribution >= 4 is 41.8 Å². The first-order valence-corrected chi connectivity index (χ1v) is 19.3. The monoisotopic (exact) mass is 768 g/mol. The molecule has 0 aromatic heterocycles. The van der Waals surface area contributed by atoms with Crippen molar-refractivity contribution in [2.24, 2.45) is 22.5 Å². The number of rotatable bonds is 15. The molecular formula is C38H60N10O7. The van der Waals surface area contributed by atoms with Crippen LogP contribution in [0.2, 0.25) is 0 Å². The van der Waals surface area contributed by atoms with Gasteiger partial charge in [-0.2, -0.15) is 0 Å². The van der Waals surface area contributed by atoms with Crippen molar-refractivity contribution in [3.63, 3.8) is 0 Å². The minimum atomic E-state index is -1.16. The molecule has 2 aliphatic heterocycles. The molecule has 17 nitrogen and oxygen atoms in total. The fourth-order valence-corrected chi connectivity index (χ4v) is 6.59. The lowest BCUT2D eigenvalue weighted by molar-refractivity contribution is -0.141. The number of fused-ring (bicyclic) bond motifs is 1. The van der Waals surface area contributed by atoms with Crippen LogP contribution in [0.1, 0.15) is 83.6 Å². The summed E-state index contributed by atoms with van der Waals surface area (Å²) < 4.78 is 0. The molecule has 1 fully saturated rings. The number of carbonyl (C=O) groups excluding carboxylic acids is 6. The number of amides is 6. The molecule has 17 heteroatoms. The lowest BCUT2D eigenvalue weighted by atomic mass is 9.96. The number of aliphatic imine (C=N–C) groups is 1. The second-order valence-corrected chi connectivity index (χ2v) is 14.2. The van der Waals surface area contributed by atoms with Crippen LogP contribution in [0.3, 0.4) is 0 Å². The van der Waals surface area contributed by atoms with E-state index in [1.54, 1.807) is 12.1 Å². The van der Waals surface area contributed by atoms with E-state index in [1.807, 2.05) is 13.8 Å². The Labute approximate surface area is 323 Å². The maximum Gasteiger partial charge on any atom is 0.247 e. The van der Waals surface area contributed by atoms with E-state index in [4.69, 9.17) is 11.6 Å². The van der Waals surface area contributed by atoms with E-state index in [0.29, 0.717) is 51.6 Å². The van der Waals surface area contributed by atoms with Gasteiger partial charge in [0.05, 0.1) is 12.4 Å². The van der Waals surface area contributed by atoms with Gasteiger partial charge in [0.2, 0.25) is 35.4 Å². The van der Waals surface area contributed by atoms with Crippen LogP contribution in [0.25, 0.3) is 0 Å². The molecule has 2 aliphatic rings. The van der Waals surface area contributed by atoms with Gasteiger partial charge in [0.25, 0.3) is 0 Å². The van der Waals surface area contributed by atoms with Gasteiger partial charge in [0.1, 0.15) is 23.9 Å². The second kappa shape index (κ2) is 23.7. The Bertz CT molecular complexity index is 1490. The van der Waals surface area contributed by atoms with E-state index in [1.165, 1.54) is 35.5 Å². The third-order valence-corrected chi connectivity index (χ3v) is 9.86. The van der Waals surface area contributed by atoms with Crippen molar-refractivity contribution < 1.29 is 33.9 Å². The van der Waals surface area contributed by atoms with Crippen LogP contribution in [0.4, 0.5) is 0 Å². The zero-order valence-corrected chi connectivity index (χ0v) is 32.1. The average Bonchev–Trinajstić information content (AvgIpc) is 3.66. The summed E-state index contributed by atoms with van der Waals surface area (Å²) in [5.41, 5.74) is 8.68. The number of hydrazine groups is 1. The normalized spacial score (nSPS) is 24.3. The summed E-state index contributed by atoms with van der Waals surface area (Å²) in [4.78, 5) is 87.2. The zero-order valence-electron chi connectivity index (χ0n) is 32.1. The molecule has 11 N–H and O–H groups in total. The van der Waals surface area contributed by atoms with Crippen LogP contribution in [0.15, 0.2) is 41.4 Å². The number of benzene rings is 1. The Balaban J connectivity index is 1.98. The van der Waals surface area contributed by atoms with Crippen LogP contribution in [0, 0.1) is 5.92 Å². The molecule has 3 rings (SSSR count). The standard InChI is InChI=1S/C38H60N10O7/c1-3-25(2)35-37(54)45-28(21-26-12-15-29(49)16-13-26)14-17-32(50)42-23-30(46-33(51)11-5-4-6-18-39)38(55)48-20-8-10-31(48)36(53)44-27(22-34(52)47-35)9-7-19-41-24-43-40/h12-17,24-25,27-28,30-31,35,49H,3-11,18-23,39-40H2,1-2H3,(H,41,43)(H,42,50)(H,44,53)(H,45,54)(H,46,51)(H,47,52)/b17-14+/t25-,27-,28+,30-,31-,35+/m0/s1. The highest BCUT2D eigenvalue weighted by molar-refractivity contribution is 5.94. The van der Waals surface area contributed by atoms with Crippen molar-refractivity contribution in [2.45, 2.75) is 115 Å². The number of hydrogen-bond donors (Lipinski definition) is 9. The molecule has 6 amide bonds. The third-order valence-electron chi connectivity index (χ3n) is 9.86. The minimum absolute atomic E-state index is 0.0737. The fraction of sp³-hybridized carbons (Fsp3) is 0.605. The van der Waals surface area contributed by atoms with Gasteiger partial charge in [0.15, 0.2) is 0 Å². The highest BCUT2D eigenvalue weighted by atomic mass is 16.3. The van der Waals surface area contributed by atoms with E-state index in [2.05, 4.69) is 37.0 Å². The predicted octanol–water partition coefficient (Wildman–Crippen LogP) is -0.222. The van der Waals surface area contributed by atoms with Crippen molar-refractivity contribution in [3.05, 3.63) is 42.0 Å². The molecule has 0 radical (unpaired) electrons. The van der Waals surface area contributed by atoms with Crippen LogP contribution < -0.4 is 43.6 Å². The molecule has 0 aliphatic carbocycles. The minimum Gasteiger partial charge on any atom is -0.508 e. The van der Waals surface area contributed by atoms with Crippen LogP contribution in [-0.4, -0.2) is 108 Å². The number of aromatic hydroxyl groups is 1. The SMILES string of the molecule is CC[C@H](C)[C@H]1NC(=O)C[C@H](CCCN=CNN)NC(=O)[C@@H]2CCCN2C(=O)[C@@H](NC(=O)CCCCCN)CNC(=O)/C=C/[C@H](Cc2ccc(O)cc2)NC1=O. The highest BCUT2D eigenvalue weighted by Crippen LogP contribution is 2.20. The molecular weight excluding hydrogens is 708 g/mol. The van der Waals surface area contributed by atoms with Gasteiger partial charge < -0.3 is 47.7 Å². The molecule has 1 aromatic rings. The lowest BCUT2D eigenvalue weighted by Crippen LogP contribution is -2.57. The Morgan fingerprint density at radius 1 is 1.05 bits per heavy atom. The van der Waals surface area contributed by atoms with E-state index < -0.39 is 59.7 Å². The van der Waals surface area contributed by atoms with Gasteiger partial charge in [-0.1, -0.05) is 44.9 Å². The lowest BCUT2D eigenvalue weighted by Gasteiger charge is -2.30. The van der Waals surface area contributed by atoms with Crippen molar-refractivity contribution in [3.8, 4) is 5.75 Å². The number of hydrogen-bond acceptors (Lipinski definition) is 10. The number of carbonyl (C=O) groups is 6. The zero-order chi connectivity index (χ0) is 40.2. The maximum atomic E-state index is 14.1. The largest absolute Gasteiger partial charge is 0.508 e. The van der Waals surface area contributed by atoms with Gasteiger partial charge in [0, 0.05) is 44.6 Å². The fourth-order valence-electron chi connectivity index (χ4n) is 6.59. The molecule has 304 valence electrons. The van der Waals surface area contributed by atoms with Crippen LogP contribution in [0.5, 0.6) is 5.75 Å². The number of nitrogens with two attached hydrogens (primary N) is 2. The first kappa shape index (κ1) is 44.4. The van der Waals surface area contributed by atoms with E-state index >= 15 is 0 Å². The number of nitrogens with one attached hydrogen (secondary N) is 6. The van der Waals surface area contributed by atoms with Gasteiger partial charge in [-0.05, 0) is 75.1 Å². The molecule has 1 aromatic carbocycles. The van der Waals surface area contributed by atoms with Crippen molar-refractivity contribution in [1.82, 2.24) is 36.9 Å². The molecule has 2 heterocycles. The predicted molar refractivity (Wildman–Crippen MR) is 208 cm³/mol. The molecule has 55 heavy (non-hydrogen) atoms. The second-order valence-electron chi connectivity index (χ2n) is 14.2. The van der Waals surface area contributed by atoms with Gasteiger partial charge in [-0.15, -0.1) is 0 Å². The molecule has 6 atom stereocenters. The summed E-state index contributed by atoms with van der Waals surface area (Å²) >= 11 is 0. The Morgan fingerprint density at radius 2 is 1.82 bits per heavy atom. The topological polar surface area (TPSA) is 262 Å². The van der Waals surface area contributed by atoms with E-state index in [-0.39, 0.29) is 49.9 Å². The first-order chi connectivity index (χ1) is 26.4. The van der Waals surface area contributed by atoms with E-state index in [0.717, 1.165) is 18.4 Å². The van der Waals surface area contributed by atoms with Crippen molar-refractivity contribution in [2.75, 3.05) is 26.2 Å². The number of unbranched alkanes of at least 4 members (excludes halogenated alkanes) is 2. The summed E-state index contributed by atoms with van der Waals surface area (Å²) in [6, 6.07) is 2.13. The number of phenolic OH excluding ortho intramolecular Hbond substituents is 1. The Kier molecular flexibility index (Phi) is 19.1. The summed E-state index contributed by atoms with van der Waals surface area (Å²) in [6.07, 6.45) is 8.83. The summed E-state index contributed by atoms with van der Waals surface area (Å²) in [7, 11) is 0. The van der Waals surface area contributed by atoms with Crippen LogP contribution in [-0.2, 0) is 35.2 Å². The number of nitrogens with zero attached hydrogens (tertiary/aromatic N) is 2. The molecule has 0 bridgehead atoms. The van der Waals surface area contributed by atoms with Crippen molar-refractivity contribution in [1.29, 1.82) is 0 Å². The maximum absolute atomic E-state index is 14.1. The molecule has 0 saturated carbocycles.